The third kappa shape index (κ3) is 2.17. The molecule has 2 N–H and O–H groups in total. The van der Waals surface area contributed by atoms with Gasteiger partial charge in [-0.15, -0.1) is 0 Å². The van der Waals surface area contributed by atoms with Gasteiger partial charge in [0.2, 0.25) is 0 Å². The molecule has 2 heterocycles. The number of piperidine rings is 1. The second kappa shape index (κ2) is 5.89. The summed E-state index contributed by atoms with van der Waals surface area (Å²) in [7, 11) is 2.37. The van der Waals surface area contributed by atoms with E-state index in [0.717, 1.165) is 61.2 Å². The Labute approximate surface area is 173 Å². The normalized spacial score (nSPS) is 44.3. The van der Waals surface area contributed by atoms with E-state index in [0.29, 0.717) is 12.4 Å². The minimum Gasteiger partial charge on any atom is -0.504 e. The number of ether oxygens (including phenoxy) is 2. The van der Waals surface area contributed by atoms with Gasteiger partial charge in [0.25, 0.3) is 0 Å². The van der Waals surface area contributed by atoms with E-state index in [1.807, 2.05) is 0 Å². The quantitative estimate of drug-likeness (QED) is 0.747. The molecule has 6 rings (SSSR count). The fourth-order valence-corrected chi connectivity index (χ4v) is 7.59. The van der Waals surface area contributed by atoms with Gasteiger partial charge in [0.15, 0.2) is 17.1 Å². The van der Waals surface area contributed by atoms with Gasteiger partial charge in [-0.3, -0.25) is 0 Å². The van der Waals surface area contributed by atoms with Crippen molar-refractivity contribution in [3.63, 3.8) is 0 Å². The van der Waals surface area contributed by atoms with E-state index in [9.17, 15) is 10.2 Å². The molecule has 5 aliphatic rings. The Balaban J connectivity index is 1.55. The molecule has 5 heteroatoms. The SMILES string of the molecule is CCCOC1CC[C@@H]2Oc3c(O)ccc4c3[C@@]23CC[N@+](C)(CC2CC2)[C@H](C4)C13O. The van der Waals surface area contributed by atoms with Gasteiger partial charge in [-0.2, -0.15) is 0 Å². The summed E-state index contributed by atoms with van der Waals surface area (Å²) in [5.74, 6) is 1.67. The second-order valence-electron chi connectivity index (χ2n) is 10.6. The number of quaternary nitrogens is 1. The molecule has 1 aromatic rings. The lowest BCUT2D eigenvalue weighted by Crippen LogP contribution is -2.83. The van der Waals surface area contributed by atoms with Crippen LogP contribution in [0.2, 0.25) is 0 Å². The summed E-state index contributed by atoms with van der Waals surface area (Å²) >= 11 is 0. The lowest BCUT2D eigenvalue weighted by molar-refractivity contribution is -0.951. The maximum Gasteiger partial charge on any atom is 0.165 e. The van der Waals surface area contributed by atoms with Crippen LogP contribution in [-0.4, -0.2) is 65.3 Å². The molecule has 0 aromatic heterocycles. The molecule has 0 radical (unpaired) electrons. The van der Waals surface area contributed by atoms with Gasteiger partial charge in [-0.1, -0.05) is 13.0 Å². The Bertz CT molecular complexity index is 854. The first-order valence-corrected chi connectivity index (χ1v) is 11.6. The van der Waals surface area contributed by atoms with Crippen LogP contribution in [0, 0.1) is 5.92 Å². The number of hydrogen-bond acceptors (Lipinski definition) is 4. The highest BCUT2D eigenvalue weighted by atomic mass is 16.5. The van der Waals surface area contributed by atoms with Crippen molar-refractivity contribution in [2.45, 2.75) is 81.1 Å². The molecule has 2 unspecified atom stereocenters. The van der Waals surface area contributed by atoms with E-state index in [2.05, 4.69) is 20.0 Å². The molecule has 1 aromatic carbocycles. The highest BCUT2D eigenvalue weighted by Gasteiger charge is 2.77. The van der Waals surface area contributed by atoms with Crippen molar-refractivity contribution in [3.8, 4) is 11.5 Å². The molecule has 0 amide bonds. The van der Waals surface area contributed by atoms with Crippen molar-refractivity contribution >= 4 is 0 Å². The standard InChI is InChI=1S/C24H33NO4/c1-3-12-28-20-9-8-19-23-10-11-25(2,14-15-4-5-15)18(24(20,23)27)13-16-6-7-17(26)22(29-19)21(16)23/h6-7,15,18-20,27H,3-5,8-14H2,1-2H3/p+1/t18-,19+,20?,23-,24?,25-/m1/s1. The van der Waals surface area contributed by atoms with Crippen molar-refractivity contribution in [3.05, 3.63) is 23.3 Å². The molecule has 1 spiro atoms. The van der Waals surface area contributed by atoms with E-state index in [1.165, 1.54) is 18.4 Å². The number of phenolic OH excluding ortho intramolecular Hbond substituents is 1. The van der Waals surface area contributed by atoms with Crippen molar-refractivity contribution in [2.24, 2.45) is 5.92 Å². The van der Waals surface area contributed by atoms with E-state index < -0.39 is 11.0 Å². The number of nitrogens with zero attached hydrogens (tertiary/aromatic N) is 1. The van der Waals surface area contributed by atoms with Crippen molar-refractivity contribution in [2.75, 3.05) is 26.7 Å². The van der Waals surface area contributed by atoms with Crippen molar-refractivity contribution in [1.82, 2.24) is 0 Å². The average Bonchev–Trinajstić information content (AvgIpc) is 3.43. The second-order valence-corrected chi connectivity index (χ2v) is 10.6. The topological polar surface area (TPSA) is 58.9 Å². The number of aromatic hydroxyl groups is 1. The summed E-state index contributed by atoms with van der Waals surface area (Å²) in [6.45, 7) is 5.05. The van der Waals surface area contributed by atoms with Gasteiger partial charge >= 0.3 is 0 Å². The van der Waals surface area contributed by atoms with Crippen molar-refractivity contribution in [1.29, 1.82) is 0 Å². The Morgan fingerprint density at radius 1 is 1.24 bits per heavy atom. The lowest BCUT2D eigenvalue weighted by atomic mass is 9.47. The number of phenols is 1. The number of likely N-dealkylation sites (tertiary alicyclic amines) is 1. The summed E-state index contributed by atoms with van der Waals surface area (Å²) in [4.78, 5) is 0. The van der Waals surface area contributed by atoms with Gasteiger partial charge in [-0.25, -0.2) is 0 Å². The number of rotatable bonds is 5. The molecule has 1 saturated heterocycles. The van der Waals surface area contributed by atoms with Crippen LogP contribution in [0.3, 0.4) is 0 Å². The third-order valence-corrected chi connectivity index (χ3v) is 8.96. The molecule has 3 aliphatic carbocycles. The van der Waals surface area contributed by atoms with Crippen LogP contribution in [0.5, 0.6) is 11.5 Å². The first-order valence-electron chi connectivity index (χ1n) is 11.6. The largest absolute Gasteiger partial charge is 0.504 e. The molecule has 3 fully saturated rings. The summed E-state index contributed by atoms with van der Waals surface area (Å²) < 4.78 is 13.7. The Morgan fingerprint density at radius 2 is 2.07 bits per heavy atom. The zero-order valence-corrected chi connectivity index (χ0v) is 17.7. The highest BCUT2D eigenvalue weighted by molar-refractivity contribution is 5.62. The van der Waals surface area contributed by atoms with Crippen LogP contribution in [0.1, 0.15) is 56.6 Å². The van der Waals surface area contributed by atoms with Crippen molar-refractivity contribution < 1.29 is 24.2 Å². The van der Waals surface area contributed by atoms with Crippen LogP contribution >= 0.6 is 0 Å². The summed E-state index contributed by atoms with van der Waals surface area (Å²) in [5, 5.41) is 23.3. The molecule has 158 valence electrons. The highest BCUT2D eigenvalue weighted by Crippen LogP contribution is 2.66. The molecular formula is C24H34NO4+. The fraction of sp³-hybridized carbons (Fsp3) is 0.750. The molecule has 2 bridgehead atoms. The molecule has 29 heavy (non-hydrogen) atoms. The minimum absolute atomic E-state index is 0.0616. The zero-order valence-electron chi connectivity index (χ0n) is 17.7. The molecule has 2 saturated carbocycles. The number of aliphatic hydroxyl groups is 1. The van der Waals surface area contributed by atoms with Gasteiger partial charge in [0, 0.05) is 30.9 Å². The first kappa shape index (κ1) is 18.5. The number of hydrogen-bond donors (Lipinski definition) is 2. The predicted octanol–water partition coefficient (Wildman–Crippen LogP) is 2.90. The third-order valence-electron chi connectivity index (χ3n) is 8.96. The van der Waals surface area contributed by atoms with E-state index in [4.69, 9.17) is 9.47 Å². The van der Waals surface area contributed by atoms with Crippen LogP contribution < -0.4 is 4.74 Å². The minimum atomic E-state index is -0.945. The smallest absolute Gasteiger partial charge is 0.165 e. The van der Waals surface area contributed by atoms with Gasteiger partial charge in [0.1, 0.15) is 12.1 Å². The molecular weight excluding hydrogens is 366 g/mol. The van der Waals surface area contributed by atoms with E-state index in [-0.39, 0.29) is 24.0 Å². The van der Waals surface area contributed by atoms with Crippen LogP contribution in [0.4, 0.5) is 0 Å². The van der Waals surface area contributed by atoms with E-state index >= 15 is 0 Å². The Morgan fingerprint density at radius 3 is 2.83 bits per heavy atom. The summed E-state index contributed by atoms with van der Waals surface area (Å²) in [6, 6.07) is 3.99. The van der Waals surface area contributed by atoms with Gasteiger partial charge in [-0.05, 0) is 43.7 Å². The number of benzene rings is 1. The summed E-state index contributed by atoms with van der Waals surface area (Å²) in [6.07, 6.45) is 6.85. The Kier molecular flexibility index (Phi) is 3.75. The number of likely N-dealkylation sites (N-methyl/N-ethyl adjacent to an activating group) is 1. The predicted molar refractivity (Wildman–Crippen MR) is 109 cm³/mol. The molecule has 6 atom stereocenters. The van der Waals surface area contributed by atoms with Gasteiger partial charge < -0.3 is 24.2 Å². The van der Waals surface area contributed by atoms with Crippen LogP contribution in [-0.2, 0) is 16.6 Å². The maximum atomic E-state index is 12.8. The Hall–Kier alpha value is -1.30. The molecule has 5 nitrogen and oxygen atoms in total. The fourth-order valence-electron chi connectivity index (χ4n) is 7.59. The van der Waals surface area contributed by atoms with Crippen LogP contribution in [0.25, 0.3) is 0 Å². The maximum absolute atomic E-state index is 12.8. The summed E-state index contributed by atoms with van der Waals surface area (Å²) in [5.41, 5.74) is 0.978. The monoisotopic (exact) mass is 400 g/mol. The zero-order chi connectivity index (χ0) is 20.0. The van der Waals surface area contributed by atoms with E-state index in [1.54, 1.807) is 6.07 Å². The van der Waals surface area contributed by atoms with Gasteiger partial charge in [0.05, 0.1) is 31.7 Å². The van der Waals surface area contributed by atoms with Crippen LogP contribution in [0.15, 0.2) is 12.1 Å². The average molecular weight is 401 g/mol. The lowest BCUT2D eigenvalue weighted by Gasteiger charge is -2.66. The molecule has 2 aliphatic heterocycles. The first-order chi connectivity index (χ1) is 13.9.